The van der Waals surface area contributed by atoms with Gasteiger partial charge in [0.2, 0.25) is 11.8 Å². The van der Waals surface area contributed by atoms with E-state index in [1.165, 1.54) is 0 Å². The molecule has 0 bridgehead atoms. The molecule has 540 valence electrons. The van der Waals surface area contributed by atoms with Gasteiger partial charge in [0.1, 0.15) is 24.4 Å². The highest BCUT2D eigenvalue weighted by Gasteiger charge is 2.28. The third-order valence-corrected chi connectivity index (χ3v) is 15.2. The Labute approximate surface area is 566 Å². The standard InChI is InChI=1S/C64H114N10O18S2/c1-50(2)43-56(69-57(75)47-92-72-54(48-93-63(6,7)8)49-94-64(9,10)11)59(77)70-55(13-12-19-66-60(65)78)58(76)68-52-16-14-51(15-17-52)46-91-61(79)67-44-53-45-74(73-71-53)20-22-81-24-26-83-28-30-85-32-34-87-36-38-89-40-42-90-41-39-88-37-35-86-33-31-84-29-27-82-25-23-80-21-18-62(3,4)5/h14-17,45,50,55-56H,12-13,18-44,46-49H2,1-11H3,(H,67,79)(H,68,76)(H,69,75)(H,70,77)(H3,65,66,78)/t55-,56-/m0/s1. The van der Waals surface area contributed by atoms with Crippen LogP contribution >= 0.6 is 23.5 Å². The number of aromatic nitrogens is 3. The largest absolute Gasteiger partial charge is 0.445 e. The van der Waals surface area contributed by atoms with Crippen molar-refractivity contribution in [3.63, 3.8) is 0 Å². The zero-order chi connectivity index (χ0) is 69.1. The van der Waals surface area contributed by atoms with Gasteiger partial charge < -0.3 is 94.0 Å². The highest BCUT2D eigenvalue weighted by Crippen LogP contribution is 2.27. The maximum atomic E-state index is 13.8. The number of ether oxygens (including phenoxy) is 12. The summed E-state index contributed by atoms with van der Waals surface area (Å²) in [5.41, 5.74) is 7.91. The van der Waals surface area contributed by atoms with E-state index in [0.29, 0.717) is 180 Å². The predicted molar refractivity (Wildman–Crippen MR) is 363 cm³/mol. The highest BCUT2D eigenvalue weighted by atomic mass is 32.2. The molecule has 1 aromatic carbocycles. The molecule has 7 N–H and O–H groups in total. The van der Waals surface area contributed by atoms with Gasteiger partial charge in [0.25, 0.3) is 5.91 Å². The lowest BCUT2D eigenvalue weighted by Crippen LogP contribution is -2.53. The number of nitrogens with one attached hydrogen (secondary N) is 5. The average Bonchev–Trinajstić information content (AvgIpc) is 1.52. The molecule has 0 aliphatic carbocycles. The Hall–Kier alpha value is -4.96. The molecule has 2 atom stereocenters. The van der Waals surface area contributed by atoms with E-state index in [4.69, 9.17) is 67.4 Å². The third kappa shape index (κ3) is 51.3. The Morgan fingerprint density at radius 3 is 1.48 bits per heavy atom. The fourth-order valence-corrected chi connectivity index (χ4v) is 9.15. The van der Waals surface area contributed by atoms with Crippen LogP contribution in [0.2, 0.25) is 0 Å². The number of hydrogen-bond donors (Lipinski definition) is 6. The number of nitrogens with two attached hydrogens (primary N) is 1. The summed E-state index contributed by atoms with van der Waals surface area (Å²) in [4.78, 5) is 70.2. The molecule has 2 rings (SSSR count). The number of nitrogens with zero attached hydrogens (tertiary/aromatic N) is 4. The van der Waals surface area contributed by atoms with Crippen molar-refractivity contribution in [3.8, 4) is 0 Å². The molecule has 0 saturated heterocycles. The second-order valence-electron chi connectivity index (χ2n) is 25.1. The number of amides is 6. The molecule has 0 saturated carbocycles. The van der Waals surface area contributed by atoms with E-state index in [0.717, 1.165) is 18.7 Å². The van der Waals surface area contributed by atoms with Crippen LogP contribution in [0.4, 0.5) is 15.3 Å². The summed E-state index contributed by atoms with van der Waals surface area (Å²) in [6.07, 6.45) is 2.78. The topological polar surface area (TPSA) is 335 Å². The molecule has 2 aromatic rings. The first-order valence-electron chi connectivity index (χ1n) is 32.5. The van der Waals surface area contributed by atoms with Gasteiger partial charge in [0.15, 0.2) is 6.61 Å². The third-order valence-electron chi connectivity index (χ3n) is 12.5. The summed E-state index contributed by atoms with van der Waals surface area (Å²) in [6.45, 7) is 34.1. The molecular formula is C64H114N10O18S2. The zero-order valence-corrected chi connectivity index (χ0v) is 59.6. The summed E-state index contributed by atoms with van der Waals surface area (Å²) in [5.74, 6) is -0.362. The number of carbonyl (C=O) groups excluding carboxylic acids is 5. The molecule has 0 aliphatic rings. The Bertz CT molecular complexity index is 2320. The molecule has 30 heteroatoms. The molecule has 6 amide bonds. The van der Waals surface area contributed by atoms with Crippen LogP contribution in [0, 0.1) is 11.3 Å². The average molecular weight is 1380 g/mol. The van der Waals surface area contributed by atoms with Crippen LogP contribution < -0.4 is 32.3 Å². The van der Waals surface area contributed by atoms with Crippen LogP contribution in [0.1, 0.15) is 113 Å². The number of hydrogen-bond acceptors (Lipinski definition) is 23. The minimum absolute atomic E-state index is 0.00412. The molecule has 0 unspecified atom stereocenters. The molecule has 0 fully saturated rings. The van der Waals surface area contributed by atoms with E-state index < -0.39 is 48.5 Å². The second kappa shape index (κ2) is 52.2. The molecule has 0 aliphatic heterocycles. The van der Waals surface area contributed by atoms with Crippen molar-refractivity contribution in [2.45, 2.75) is 143 Å². The van der Waals surface area contributed by atoms with Gasteiger partial charge in [0.05, 0.1) is 164 Å². The van der Waals surface area contributed by atoms with Gasteiger partial charge in [-0.1, -0.05) is 98.7 Å². The molecule has 0 spiro atoms. The van der Waals surface area contributed by atoms with Crippen LogP contribution in [0.5, 0.6) is 0 Å². The van der Waals surface area contributed by atoms with Crippen LogP contribution in [0.25, 0.3) is 0 Å². The van der Waals surface area contributed by atoms with Gasteiger partial charge in [-0.25, -0.2) is 14.3 Å². The van der Waals surface area contributed by atoms with Crippen molar-refractivity contribution in [3.05, 3.63) is 41.7 Å². The highest BCUT2D eigenvalue weighted by molar-refractivity contribution is 8.02. The minimum Gasteiger partial charge on any atom is -0.445 e. The fraction of sp³-hybridized carbons (Fsp3) is 0.781. The molecule has 1 heterocycles. The lowest BCUT2D eigenvalue weighted by molar-refractivity contribution is -0.133. The number of thioether (sulfide) groups is 2. The van der Waals surface area contributed by atoms with Gasteiger partial charge in [-0.3, -0.25) is 14.4 Å². The predicted octanol–water partition coefficient (Wildman–Crippen LogP) is 6.16. The SMILES string of the molecule is CC(C)C[C@H](NC(=O)CON=C(CSC(C)(C)C)CSC(C)(C)C)C(=O)N[C@@H](CCCNC(N)=O)C(=O)Nc1ccc(COC(=O)NCc2cn(CCOCCOCCOCCOCCOCCOCCOCCOCCOCCOCCOCCC(C)(C)C)nn2)cc1. The summed E-state index contributed by atoms with van der Waals surface area (Å²) >= 11 is 3.46. The molecule has 1 aromatic heterocycles. The van der Waals surface area contributed by atoms with E-state index >= 15 is 0 Å². The number of urea groups is 1. The lowest BCUT2D eigenvalue weighted by atomic mass is 9.93. The van der Waals surface area contributed by atoms with Crippen molar-refractivity contribution < 1.29 is 85.7 Å². The molecule has 0 radical (unpaired) electrons. The van der Waals surface area contributed by atoms with Crippen molar-refractivity contribution in [1.82, 2.24) is 36.3 Å². The van der Waals surface area contributed by atoms with Gasteiger partial charge in [-0.15, -0.1) is 28.6 Å². The molecule has 28 nitrogen and oxygen atoms in total. The summed E-state index contributed by atoms with van der Waals surface area (Å²) < 4.78 is 68.0. The first kappa shape index (κ1) is 85.1. The van der Waals surface area contributed by atoms with Crippen molar-refractivity contribution in [2.75, 3.05) is 175 Å². The maximum Gasteiger partial charge on any atom is 0.407 e. The molecular weight excluding hydrogens is 1260 g/mol. The van der Waals surface area contributed by atoms with E-state index in [1.54, 1.807) is 58.7 Å². The van der Waals surface area contributed by atoms with Crippen LogP contribution in [-0.2, 0) is 95.8 Å². The van der Waals surface area contributed by atoms with Crippen LogP contribution in [0.3, 0.4) is 0 Å². The number of anilines is 1. The van der Waals surface area contributed by atoms with E-state index in [9.17, 15) is 24.0 Å². The monoisotopic (exact) mass is 1370 g/mol. The lowest BCUT2D eigenvalue weighted by Gasteiger charge is -2.24. The van der Waals surface area contributed by atoms with Crippen molar-refractivity contribution in [1.29, 1.82) is 0 Å². The van der Waals surface area contributed by atoms with E-state index in [2.05, 4.69) is 104 Å². The zero-order valence-electron chi connectivity index (χ0n) is 58.0. The summed E-state index contributed by atoms with van der Waals surface area (Å²) in [6, 6.07) is 3.87. The molecule has 94 heavy (non-hydrogen) atoms. The van der Waals surface area contributed by atoms with Crippen molar-refractivity contribution >= 4 is 64.8 Å². The first-order chi connectivity index (χ1) is 44.9. The smallest absolute Gasteiger partial charge is 0.407 e. The maximum absolute atomic E-state index is 13.8. The number of rotatable bonds is 57. The Balaban J connectivity index is 1.54. The van der Waals surface area contributed by atoms with Gasteiger partial charge in [0, 0.05) is 39.8 Å². The number of primary amides is 1. The number of benzene rings is 1. The van der Waals surface area contributed by atoms with Crippen LogP contribution in [0.15, 0.2) is 35.6 Å². The number of carbonyl (C=O) groups is 5. The number of oxime groups is 1. The summed E-state index contributed by atoms with van der Waals surface area (Å²) in [7, 11) is 0. The minimum atomic E-state index is -1.05. The first-order valence-corrected chi connectivity index (χ1v) is 34.5. The number of alkyl carbamates (subject to hydrolysis) is 1. The van der Waals surface area contributed by atoms with Gasteiger partial charge >= 0.3 is 12.1 Å². The quantitative estimate of drug-likeness (QED) is 0.0245. The normalized spacial score (nSPS) is 12.5. The van der Waals surface area contributed by atoms with E-state index in [-0.39, 0.29) is 53.4 Å². The summed E-state index contributed by atoms with van der Waals surface area (Å²) in [5, 5.41) is 26.0. The van der Waals surface area contributed by atoms with E-state index in [1.807, 2.05) is 13.8 Å². The van der Waals surface area contributed by atoms with Crippen LogP contribution in [-0.4, -0.2) is 242 Å². The fourth-order valence-electron chi connectivity index (χ4n) is 7.52. The Kier molecular flexibility index (Phi) is 47.3. The Morgan fingerprint density at radius 1 is 0.585 bits per heavy atom. The second-order valence-corrected chi connectivity index (χ2v) is 28.7. The van der Waals surface area contributed by atoms with Gasteiger partial charge in [-0.05, 0) is 54.7 Å². The van der Waals surface area contributed by atoms with Gasteiger partial charge in [-0.2, -0.15) is 0 Å². The Morgan fingerprint density at radius 2 is 1.04 bits per heavy atom. The van der Waals surface area contributed by atoms with Crippen molar-refractivity contribution in [2.24, 2.45) is 22.2 Å².